The first-order chi connectivity index (χ1) is 25.8. The number of benzene rings is 8. The van der Waals surface area contributed by atoms with E-state index in [0.29, 0.717) is 0 Å². The maximum atomic E-state index is 6.64. The summed E-state index contributed by atoms with van der Waals surface area (Å²) >= 11 is 0. The molecule has 52 heavy (non-hydrogen) atoms. The van der Waals surface area contributed by atoms with Gasteiger partial charge >= 0.3 is 0 Å². The predicted molar refractivity (Wildman–Crippen MR) is 210 cm³/mol. The van der Waals surface area contributed by atoms with Crippen molar-refractivity contribution in [1.29, 1.82) is 0 Å². The summed E-state index contributed by atoms with van der Waals surface area (Å²) < 4.78 is 19.5. The van der Waals surface area contributed by atoms with Crippen molar-refractivity contribution in [3.8, 4) is 67.5 Å². The normalized spacial score (nSPS) is 12.2. The average molecular weight is 668 g/mol. The highest BCUT2D eigenvalue weighted by Crippen LogP contribution is 2.51. The molecule has 0 bridgehead atoms. The maximum Gasteiger partial charge on any atom is 0.135 e. The lowest BCUT2D eigenvalue weighted by atomic mass is 9.93. The Labute approximate surface area is 300 Å². The van der Waals surface area contributed by atoms with Gasteiger partial charge in [-0.15, -0.1) is 0 Å². The van der Waals surface area contributed by atoms with Crippen LogP contribution in [0.4, 0.5) is 17.1 Å². The molecule has 8 aromatic carbocycles. The zero-order valence-electron chi connectivity index (χ0n) is 27.9. The van der Waals surface area contributed by atoms with Gasteiger partial charge in [-0.1, -0.05) is 103 Å². The third-order valence-electron chi connectivity index (χ3n) is 10.3. The SMILES string of the molecule is c1ccc2c(c1)Oc1ccc(N(c3ccc4c(c3)-c3ccccc3-c3ccccc3O4)c3ccc4oc5ccccc5c4c3)cc1-c1ccccc1-2. The van der Waals surface area contributed by atoms with Crippen LogP contribution in [0, 0.1) is 0 Å². The number of para-hydroxylation sites is 3. The highest BCUT2D eigenvalue weighted by atomic mass is 16.5. The van der Waals surface area contributed by atoms with Crippen LogP contribution >= 0.6 is 0 Å². The molecule has 4 nitrogen and oxygen atoms in total. The number of rotatable bonds is 3. The number of hydrogen-bond donors (Lipinski definition) is 0. The van der Waals surface area contributed by atoms with Crippen LogP contribution in [0.2, 0.25) is 0 Å². The fourth-order valence-corrected chi connectivity index (χ4v) is 7.91. The van der Waals surface area contributed by atoms with Crippen molar-refractivity contribution in [2.75, 3.05) is 4.90 Å². The lowest BCUT2D eigenvalue weighted by molar-refractivity contribution is 0.487. The van der Waals surface area contributed by atoms with E-state index < -0.39 is 0 Å². The molecule has 0 radical (unpaired) electrons. The molecule has 0 spiro atoms. The van der Waals surface area contributed by atoms with E-state index in [1.165, 1.54) is 0 Å². The van der Waals surface area contributed by atoms with E-state index in [-0.39, 0.29) is 0 Å². The van der Waals surface area contributed by atoms with Crippen molar-refractivity contribution in [2.24, 2.45) is 0 Å². The van der Waals surface area contributed by atoms with Gasteiger partial charge in [0.2, 0.25) is 0 Å². The first-order valence-electron chi connectivity index (χ1n) is 17.5. The van der Waals surface area contributed by atoms with Crippen molar-refractivity contribution in [3.63, 3.8) is 0 Å². The summed E-state index contributed by atoms with van der Waals surface area (Å²) in [5.74, 6) is 3.33. The first-order valence-corrected chi connectivity index (χ1v) is 17.5. The van der Waals surface area contributed by atoms with Gasteiger partial charge in [0, 0.05) is 50.1 Å². The molecular formula is C48H29NO3. The van der Waals surface area contributed by atoms with Crippen molar-refractivity contribution < 1.29 is 13.9 Å². The second kappa shape index (κ2) is 11.2. The van der Waals surface area contributed by atoms with Gasteiger partial charge in [0.15, 0.2) is 0 Å². The van der Waals surface area contributed by atoms with Crippen molar-refractivity contribution in [1.82, 2.24) is 0 Å². The third-order valence-corrected chi connectivity index (χ3v) is 10.3. The third kappa shape index (κ3) is 4.41. The molecule has 0 fully saturated rings. The summed E-state index contributed by atoms with van der Waals surface area (Å²) in [6.45, 7) is 0. The van der Waals surface area contributed by atoms with Crippen LogP contribution < -0.4 is 14.4 Å². The molecule has 3 heterocycles. The van der Waals surface area contributed by atoms with Gasteiger partial charge in [-0.25, -0.2) is 0 Å². The van der Waals surface area contributed by atoms with E-state index in [4.69, 9.17) is 13.9 Å². The van der Waals surface area contributed by atoms with E-state index in [2.05, 4.69) is 144 Å². The molecule has 0 atom stereocenters. The average Bonchev–Trinajstić information content (AvgIpc) is 3.42. The van der Waals surface area contributed by atoms with Crippen molar-refractivity contribution in [3.05, 3.63) is 176 Å². The predicted octanol–water partition coefficient (Wildman–Crippen LogP) is 13.9. The summed E-state index contributed by atoms with van der Waals surface area (Å²) in [6, 6.07) is 61.3. The summed E-state index contributed by atoms with van der Waals surface area (Å²) in [4.78, 5) is 2.32. The van der Waals surface area contributed by atoms with Crippen LogP contribution in [0.1, 0.15) is 0 Å². The Bertz CT molecular complexity index is 2740. The van der Waals surface area contributed by atoms with Gasteiger partial charge in [0.1, 0.15) is 34.2 Å². The van der Waals surface area contributed by atoms with E-state index in [0.717, 1.165) is 107 Å². The van der Waals surface area contributed by atoms with E-state index in [9.17, 15) is 0 Å². The molecule has 0 saturated carbocycles. The molecule has 1 aromatic heterocycles. The maximum absolute atomic E-state index is 6.64. The summed E-state index contributed by atoms with van der Waals surface area (Å²) in [5.41, 5.74) is 13.5. The largest absolute Gasteiger partial charge is 0.456 e. The highest BCUT2D eigenvalue weighted by molar-refractivity contribution is 6.07. The Morgan fingerprint density at radius 3 is 1.27 bits per heavy atom. The molecule has 0 aliphatic carbocycles. The minimum atomic E-state index is 0.819. The second-order valence-electron chi connectivity index (χ2n) is 13.3. The Hall–Kier alpha value is -7.04. The number of furan rings is 1. The molecule has 9 aromatic rings. The first kappa shape index (κ1) is 28.8. The Balaban J connectivity index is 1.15. The lowest BCUT2D eigenvalue weighted by Crippen LogP contribution is -2.10. The standard InChI is InChI=1S/C48H29NO3/c1-3-13-35-33(11-1)37-15-5-8-18-43(37)50-46-24-21-30(27-40(35)46)49(32-23-26-48-42(29-32)39-17-7-10-20-45(39)52-48)31-22-25-47-41(28-31)36-14-4-2-12-34(36)38-16-6-9-19-44(38)51-47/h1-29H. The van der Waals surface area contributed by atoms with E-state index >= 15 is 0 Å². The Morgan fingerprint density at radius 2 is 0.692 bits per heavy atom. The lowest BCUT2D eigenvalue weighted by Gasteiger charge is -2.27. The molecule has 11 rings (SSSR count). The Kier molecular flexibility index (Phi) is 6.22. The molecule has 2 aliphatic heterocycles. The summed E-state index contributed by atoms with van der Waals surface area (Å²) in [5, 5.41) is 2.15. The number of hydrogen-bond acceptors (Lipinski definition) is 4. The molecular weight excluding hydrogens is 639 g/mol. The molecule has 0 N–H and O–H groups in total. The van der Waals surface area contributed by atoms with Crippen LogP contribution in [0.5, 0.6) is 23.0 Å². The highest BCUT2D eigenvalue weighted by Gasteiger charge is 2.25. The smallest absolute Gasteiger partial charge is 0.135 e. The van der Waals surface area contributed by atoms with E-state index in [1.54, 1.807) is 0 Å². The Morgan fingerprint density at radius 1 is 0.288 bits per heavy atom. The molecule has 0 unspecified atom stereocenters. The van der Waals surface area contributed by atoms with Crippen LogP contribution in [0.25, 0.3) is 66.4 Å². The number of anilines is 3. The summed E-state index contributed by atoms with van der Waals surface area (Å²) in [6.07, 6.45) is 0. The molecule has 2 aliphatic rings. The fraction of sp³-hybridized carbons (Fsp3) is 0. The van der Waals surface area contributed by atoms with Crippen LogP contribution in [-0.2, 0) is 0 Å². The van der Waals surface area contributed by atoms with Gasteiger partial charge < -0.3 is 18.8 Å². The molecule has 244 valence electrons. The zero-order valence-corrected chi connectivity index (χ0v) is 27.9. The second-order valence-corrected chi connectivity index (χ2v) is 13.3. The van der Waals surface area contributed by atoms with Crippen molar-refractivity contribution in [2.45, 2.75) is 0 Å². The van der Waals surface area contributed by atoms with Crippen LogP contribution in [-0.4, -0.2) is 0 Å². The fourth-order valence-electron chi connectivity index (χ4n) is 7.91. The number of fused-ring (bicyclic) bond motifs is 13. The van der Waals surface area contributed by atoms with Gasteiger partial charge in [0.05, 0.1) is 0 Å². The topological polar surface area (TPSA) is 34.8 Å². The zero-order chi connectivity index (χ0) is 34.2. The molecule has 0 amide bonds. The molecule has 4 heteroatoms. The minimum Gasteiger partial charge on any atom is -0.456 e. The number of nitrogens with zero attached hydrogens (tertiary/aromatic N) is 1. The van der Waals surface area contributed by atoms with Gasteiger partial charge in [-0.2, -0.15) is 0 Å². The van der Waals surface area contributed by atoms with Gasteiger partial charge in [-0.05, 0) is 95.1 Å². The summed E-state index contributed by atoms with van der Waals surface area (Å²) in [7, 11) is 0. The monoisotopic (exact) mass is 667 g/mol. The van der Waals surface area contributed by atoms with E-state index in [1.807, 2.05) is 36.4 Å². The van der Waals surface area contributed by atoms with Crippen molar-refractivity contribution >= 4 is 39.0 Å². The molecule has 0 saturated heterocycles. The van der Waals surface area contributed by atoms with Gasteiger partial charge in [0.25, 0.3) is 0 Å². The quantitative estimate of drug-likeness (QED) is 0.188. The minimum absolute atomic E-state index is 0.819. The van der Waals surface area contributed by atoms with Gasteiger partial charge in [-0.3, -0.25) is 0 Å². The van der Waals surface area contributed by atoms with Crippen LogP contribution in [0.3, 0.4) is 0 Å². The number of ether oxygens (including phenoxy) is 2. The van der Waals surface area contributed by atoms with Crippen LogP contribution in [0.15, 0.2) is 180 Å².